The first-order chi connectivity index (χ1) is 9.63. The molecule has 0 fully saturated rings. The van der Waals surface area contributed by atoms with Crippen molar-refractivity contribution in [2.75, 3.05) is 46.7 Å². The molecule has 5 nitrogen and oxygen atoms in total. The van der Waals surface area contributed by atoms with Crippen LogP contribution < -0.4 is 14.8 Å². The van der Waals surface area contributed by atoms with E-state index in [0.717, 1.165) is 40.6 Å². The Hall–Kier alpha value is -1.53. The molecule has 0 aliphatic heterocycles. The van der Waals surface area contributed by atoms with Gasteiger partial charge in [-0.3, -0.25) is 0 Å². The van der Waals surface area contributed by atoms with Crippen molar-refractivity contribution in [1.82, 2.24) is 9.88 Å². The number of hydrogen-bond donors (Lipinski definition) is 1. The van der Waals surface area contributed by atoms with Crippen LogP contribution in [0.4, 0.5) is 5.13 Å². The average molecular weight is 295 g/mol. The molecule has 6 heteroatoms. The number of fused-ring (bicyclic) bond motifs is 1. The van der Waals surface area contributed by atoms with Gasteiger partial charge in [0, 0.05) is 18.7 Å². The van der Waals surface area contributed by atoms with Gasteiger partial charge in [0.25, 0.3) is 0 Å². The fourth-order valence-electron chi connectivity index (χ4n) is 1.92. The Labute approximate surface area is 123 Å². The summed E-state index contributed by atoms with van der Waals surface area (Å²) in [6, 6.07) is 3.88. The van der Waals surface area contributed by atoms with Gasteiger partial charge in [0.15, 0.2) is 16.6 Å². The zero-order valence-corrected chi connectivity index (χ0v) is 13.2. The molecule has 1 aromatic carbocycles. The Balaban J connectivity index is 2.08. The number of nitrogens with one attached hydrogen (secondary N) is 1. The average Bonchev–Trinajstić information content (AvgIpc) is 2.83. The largest absolute Gasteiger partial charge is 0.493 e. The summed E-state index contributed by atoms with van der Waals surface area (Å²) < 4.78 is 11.7. The number of ether oxygens (including phenoxy) is 2. The molecule has 2 aromatic rings. The van der Waals surface area contributed by atoms with Crippen molar-refractivity contribution < 1.29 is 9.47 Å². The summed E-state index contributed by atoms with van der Waals surface area (Å²) in [5.74, 6) is 1.45. The van der Waals surface area contributed by atoms with Crippen molar-refractivity contribution in [3.05, 3.63) is 12.1 Å². The van der Waals surface area contributed by atoms with Gasteiger partial charge >= 0.3 is 0 Å². The minimum absolute atomic E-state index is 0.712. The molecule has 2 rings (SSSR count). The van der Waals surface area contributed by atoms with E-state index in [2.05, 4.69) is 29.3 Å². The highest BCUT2D eigenvalue weighted by Gasteiger charge is 2.10. The van der Waals surface area contributed by atoms with Gasteiger partial charge < -0.3 is 19.7 Å². The van der Waals surface area contributed by atoms with E-state index in [1.807, 2.05) is 12.1 Å². The summed E-state index contributed by atoms with van der Waals surface area (Å²) >= 11 is 1.63. The van der Waals surface area contributed by atoms with Crippen LogP contribution in [0.25, 0.3) is 10.2 Å². The second kappa shape index (κ2) is 6.76. The van der Waals surface area contributed by atoms with E-state index in [1.54, 1.807) is 25.6 Å². The molecule has 0 aliphatic rings. The molecule has 0 saturated heterocycles. The van der Waals surface area contributed by atoms with Crippen LogP contribution in [0.3, 0.4) is 0 Å². The highest BCUT2D eigenvalue weighted by atomic mass is 32.1. The molecular formula is C14H21N3O2S. The molecule has 0 radical (unpaired) electrons. The third-order valence-corrected chi connectivity index (χ3v) is 3.93. The zero-order chi connectivity index (χ0) is 14.5. The first kappa shape index (κ1) is 14.9. The van der Waals surface area contributed by atoms with Gasteiger partial charge in [-0.1, -0.05) is 11.3 Å². The van der Waals surface area contributed by atoms with Crippen LogP contribution in [0.2, 0.25) is 0 Å². The van der Waals surface area contributed by atoms with Crippen LogP contribution in [0, 0.1) is 0 Å². The molecule has 1 heterocycles. The summed E-state index contributed by atoms with van der Waals surface area (Å²) in [6.07, 6.45) is 1.09. The van der Waals surface area contributed by atoms with Crippen molar-refractivity contribution in [2.24, 2.45) is 0 Å². The zero-order valence-electron chi connectivity index (χ0n) is 12.4. The summed E-state index contributed by atoms with van der Waals surface area (Å²) in [7, 11) is 7.44. The van der Waals surface area contributed by atoms with Crippen LogP contribution in [0.15, 0.2) is 12.1 Å². The molecule has 0 unspecified atom stereocenters. The number of thiazole rings is 1. The van der Waals surface area contributed by atoms with Crippen molar-refractivity contribution in [1.29, 1.82) is 0 Å². The predicted molar refractivity (Wildman–Crippen MR) is 84.4 cm³/mol. The van der Waals surface area contributed by atoms with Crippen LogP contribution in [-0.4, -0.2) is 51.3 Å². The van der Waals surface area contributed by atoms with E-state index in [-0.39, 0.29) is 0 Å². The standard InChI is InChI=1S/C14H21N3O2S/c1-17(2)7-5-6-15-14-16-10-8-11(18-3)12(19-4)9-13(10)20-14/h8-9H,5-7H2,1-4H3,(H,15,16). The smallest absolute Gasteiger partial charge is 0.183 e. The Kier molecular flexibility index (Phi) is 5.03. The molecule has 110 valence electrons. The Morgan fingerprint density at radius 2 is 1.90 bits per heavy atom. The number of benzene rings is 1. The normalized spacial score (nSPS) is 11.1. The Morgan fingerprint density at radius 1 is 1.20 bits per heavy atom. The van der Waals surface area contributed by atoms with E-state index in [0.29, 0.717) is 5.75 Å². The summed E-state index contributed by atoms with van der Waals surface area (Å²) in [4.78, 5) is 6.75. The highest BCUT2D eigenvalue weighted by molar-refractivity contribution is 7.22. The number of nitrogens with zero attached hydrogens (tertiary/aromatic N) is 2. The first-order valence-corrected chi connectivity index (χ1v) is 7.37. The molecule has 0 spiro atoms. The number of aromatic nitrogens is 1. The Bertz CT molecular complexity index is 528. The van der Waals surface area contributed by atoms with Crippen LogP contribution in [0.5, 0.6) is 11.5 Å². The van der Waals surface area contributed by atoms with Gasteiger partial charge in [-0.15, -0.1) is 0 Å². The predicted octanol–water partition coefficient (Wildman–Crippen LogP) is 2.68. The monoisotopic (exact) mass is 295 g/mol. The number of rotatable bonds is 7. The van der Waals surface area contributed by atoms with Crippen LogP contribution in [-0.2, 0) is 0 Å². The molecule has 0 aliphatic carbocycles. The van der Waals surface area contributed by atoms with E-state index in [9.17, 15) is 0 Å². The maximum absolute atomic E-state index is 5.31. The fraction of sp³-hybridized carbons (Fsp3) is 0.500. The Morgan fingerprint density at radius 3 is 2.55 bits per heavy atom. The first-order valence-electron chi connectivity index (χ1n) is 6.55. The molecule has 20 heavy (non-hydrogen) atoms. The topological polar surface area (TPSA) is 46.6 Å². The second-order valence-electron chi connectivity index (χ2n) is 4.78. The van der Waals surface area contributed by atoms with Crippen LogP contribution in [0.1, 0.15) is 6.42 Å². The minimum atomic E-state index is 0.712. The summed E-state index contributed by atoms with van der Waals surface area (Å²) in [6.45, 7) is 1.99. The summed E-state index contributed by atoms with van der Waals surface area (Å²) in [5, 5.41) is 4.30. The lowest BCUT2D eigenvalue weighted by atomic mass is 10.3. The molecule has 0 saturated carbocycles. The lowest BCUT2D eigenvalue weighted by Gasteiger charge is -2.08. The molecular weight excluding hydrogens is 274 g/mol. The SMILES string of the molecule is COc1cc2nc(NCCCN(C)C)sc2cc1OC. The van der Waals surface area contributed by atoms with Gasteiger partial charge in [-0.25, -0.2) is 4.98 Å². The van der Waals surface area contributed by atoms with Gasteiger partial charge in [-0.05, 0) is 27.1 Å². The minimum Gasteiger partial charge on any atom is -0.493 e. The van der Waals surface area contributed by atoms with Gasteiger partial charge in [0.05, 0.1) is 24.4 Å². The van der Waals surface area contributed by atoms with Crippen LogP contribution >= 0.6 is 11.3 Å². The third-order valence-electron chi connectivity index (χ3n) is 2.95. The number of anilines is 1. The second-order valence-corrected chi connectivity index (χ2v) is 5.81. The van der Waals surface area contributed by atoms with Crippen molar-refractivity contribution in [3.63, 3.8) is 0 Å². The van der Waals surface area contributed by atoms with Gasteiger partial charge in [-0.2, -0.15) is 0 Å². The number of methoxy groups -OCH3 is 2. The third kappa shape index (κ3) is 3.52. The number of hydrogen-bond acceptors (Lipinski definition) is 6. The van der Waals surface area contributed by atoms with E-state index < -0.39 is 0 Å². The van der Waals surface area contributed by atoms with Crippen molar-refractivity contribution >= 4 is 26.7 Å². The molecule has 1 aromatic heterocycles. The molecule has 0 atom stereocenters. The van der Waals surface area contributed by atoms with E-state index in [1.165, 1.54) is 0 Å². The highest BCUT2D eigenvalue weighted by Crippen LogP contribution is 2.36. The summed E-state index contributed by atoms with van der Waals surface area (Å²) in [5.41, 5.74) is 0.933. The quantitative estimate of drug-likeness (QED) is 0.796. The van der Waals surface area contributed by atoms with E-state index in [4.69, 9.17) is 9.47 Å². The van der Waals surface area contributed by atoms with Crippen molar-refractivity contribution in [2.45, 2.75) is 6.42 Å². The lowest BCUT2D eigenvalue weighted by Crippen LogP contribution is -2.16. The fourth-order valence-corrected chi connectivity index (χ4v) is 2.82. The van der Waals surface area contributed by atoms with E-state index >= 15 is 0 Å². The molecule has 0 amide bonds. The molecule has 1 N–H and O–H groups in total. The molecule has 0 bridgehead atoms. The lowest BCUT2D eigenvalue weighted by molar-refractivity contribution is 0.356. The maximum atomic E-state index is 5.31. The van der Waals surface area contributed by atoms with Gasteiger partial charge in [0.2, 0.25) is 0 Å². The van der Waals surface area contributed by atoms with Crippen molar-refractivity contribution in [3.8, 4) is 11.5 Å². The maximum Gasteiger partial charge on any atom is 0.183 e. The van der Waals surface area contributed by atoms with Gasteiger partial charge in [0.1, 0.15) is 0 Å².